The largest absolute Gasteiger partial charge is 0.481 e. The molecular formula is C13H18N2O4S. The zero-order valence-electron chi connectivity index (χ0n) is 11.1. The van der Waals surface area contributed by atoms with Crippen LogP contribution in [0.15, 0.2) is 24.4 Å². The highest BCUT2D eigenvalue weighted by Gasteiger charge is 2.41. The molecule has 0 unspecified atom stereocenters. The third-order valence-corrected chi connectivity index (χ3v) is 5.01. The lowest BCUT2D eigenvalue weighted by atomic mass is 9.75. The van der Waals surface area contributed by atoms with Gasteiger partial charge in [0.25, 0.3) is 0 Å². The van der Waals surface area contributed by atoms with Gasteiger partial charge in [0.15, 0.2) is 0 Å². The number of aliphatic carboxylic acids is 1. The maximum atomic E-state index is 12.1. The average molecular weight is 298 g/mol. The molecule has 1 heterocycles. The van der Waals surface area contributed by atoms with Crippen molar-refractivity contribution in [2.45, 2.75) is 37.6 Å². The molecule has 2 rings (SSSR count). The summed E-state index contributed by atoms with van der Waals surface area (Å²) >= 11 is 0. The summed E-state index contributed by atoms with van der Waals surface area (Å²) in [5, 5.41) is 8.87. The van der Waals surface area contributed by atoms with Crippen molar-refractivity contribution in [1.82, 2.24) is 9.71 Å². The van der Waals surface area contributed by atoms with Gasteiger partial charge in [-0.2, -0.15) is 0 Å². The van der Waals surface area contributed by atoms with E-state index >= 15 is 0 Å². The van der Waals surface area contributed by atoms with Crippen molar-refractivity contribution in [2.75, 3.05) is 5.75 Å². The molecule has 1 aromatic heterocycles. The predicted molar refractivity (Wildman–Crippen MR) is 73.7 cm³/mol. The minimum Gasteiger partial charge on any atom is -0.481 e. The van der Waals surface area contributed by atoms with Gasteiger partial charge in [0.2, 0.25) is 10.0 Å². The van der Waals surface area contributed by atoms with Crippen LogP contribution in [-0.4, -0.2) is 35.8 Å². The summed E-state index contributed by atoms with van der Waals surface area (Å²) in [5.41, 5.74) is -0.0758. The van der Waals surface area contributed by atoms with Crippen molar-refractivity contribution in [1.29, 1.82) is 0 Å². The molecule has 0 radical (unpaired) electrons. The Morgan fingerprint density at radius 2 is 2.15 bits per heavy atom. The smallest absolute Gasteiger partial charge is 0.305 e. The van der Waals surface area contributed by atoms with Crippen LogP contribution >= 0.6 is 0 Å². The molecule has 7 heteroatoms. The lowest BCUT2D eigenvalue weighted by Crippen LogP contribution is -2.55. The van der Waals surface area contributed by atoms with Gasteiger partial charge < -0.3 is 5.11 Å². The van der Waals surface area contributed by atoms with Gasteiger partial charge in [-0.1, -0.05) is 6.07 Å². The first-order chi connectivity index (χ1) is 9.41. The number of pyridine rings is 1. The standard InChI is InChI=1S/C13H18N2O4S/c16-12(17)10-13(6-3-7-13)15-20(18,19)9-5-11-4-1-2-8-14-11/h1-2,4,8,15H,3,5-7,9-10H2,(H,16,17). The third-order valence-electron chi connectivity index (χ3n) is 3.53. The monoisotopic (exact) mass is 298 g/mol. The molecule has 20 heavy (non-hydrogen) atoms. The van der Waals surface area contributed by atoms with Crippen LogP contribution in [-0.2, 0) is 21.2 Å². The number of rotatable bonds is 7. The second kappa shape index (κ2) is 5.88. The fraction of sp³-hybridized carbons (Fsp3) is 0.538. The van der Waals surface area contributed by atoms with E-state index < -0.39 is 21.5 Å². The van der Waals surface area contributed by atoms with Gasteiger partial charge in [0.05, 0.1) is 12.2 Å². The average Bonchev–Trinajstić information content (AvgIpc) is 2.34. The molecule has 0 saturated heterocycles. The molecule has 0 amide bonds. The van der Waals surface area contributed by atoms with Crippen LogP contribution < -0.4 is 4.72 Å². The quantitative estimate of drug-likeness (QED) is 0.781. The highest BCUT2D eigenvalue weighted by Crippen LogP contribution is 2.35. The van der Waals surface area contributed by atoms with Crippen LogP contribution in [0, 0.1) is 0 Å². The number of carbonyl (C=O) groups is 1. The van der Waals surface area contributed by atoms with Crippen LogP contribution in [0.25, 0.3) is 0 Å². The SMILES string of the molecule is O=C(O)CC1(NS(=O)(=O)CCc2ccccn2)CCC1. The highest BCUT2D eigenvalue weighted by atomic mass is 32.2. The van der Waals surface area contributed by atoms with Crippen LogP contribution in [0.2, 0.25) is 0 Å². The van der Waals surface area contributed by atoms with Gasteiger partial charge in [-0.15, -0.1) is 0 Å². The molecular weight excluding hydrogens is 280 g/mol. The van der Waals surface area contributed by atoms with Gasteiger partial charge in [0, 0.05) is 23.9 Å². The molecule has 0 aromatic carbocycles. The Morgan fingerprint density at radius 1 is 1.40 bits per heavy atom. The summed E-state index contributed by atoms with van der Waals surface area (Å²) in [6.07, 6.45) is 3.81. The topological polar surface area (TPSA) is 96.4 Å². The maximum Gasteiger partial charge on any atom is 0.305 e. The minimum absolute atomic E-state index is 0.0780. The molecule has 1 aromatic rings. The number of sulfonamides is 1. The summed E-state index contributed by atoms with van der Waals surface area (Å²) in [6, 6.07) is 5.35. The Hall–Kier alpha value is -1.47. The Labute approximate surface area is 118 Å². The second-order valence-corrected chi connectivity index (χ2v) is 7.04. The molecule has 2 N–H and O–H groups in total. The Morgan fingerprint density at radius 3 is 2.65 bits per heavy atom. The van der Waals surface area contributed by atoms with Crippen molar-refractivity contribution >= 4 is 16.0 Å². The summed E-state index contributed by atoms with van der Waals surface area (Å²) in [5.74, 6) is -1.05. The molecule has 1 aliphatic rings. The molecule has 0 atom stereocenters. The number of carboxylic acids is 1. The van der Waals surface area contributed by atoms with Crippen LogP contribution in [0.4, 0.5) is 0 Å². The van der Waals surface area contributed by atoms with Gasteiger partial charge in [-0.3, -0.25) is 9.78 Å². The van der Waals surface area contributed by atoms with Crippen LogP contribution in [0.5, 0.6) is 0 Å². The lowest BCUT2D eigenvalue weighted by Gasteiger charge is -2.41. The number of aromatic nitrogens is 1. The van der Waals surface area contributed by atoms with E-state index in [1.807, 2.05) is 0 Å². The van der Waals surface area contributed by atoms with Gasteiger partial charge in [-0.25, -0.2) is 13.1 Å². The van der Waals surface area contributed by atoms with E-state index in [1.54, 1.807) is 24.4 Å². The van der Waals surface area contributed by atoms with E-state index in [4.69, 9.17) is 5.11 Å². The first-order valence-corrected chi connectivity index (χ1v) is 8.19. The predicted octanol–water partition coefficient (Wildman–Crippen LogP) is 0.941. The van der Waals surface area contributed by atoms with Crippen molar-refractivity contribution in [2.24, 2.45) is 0 Å². The minimum atomic E-state index is -3.50. The first-order valence-electron chi connectivity index (χ1n) is 6.54. The maximum absolute atomic E-state index is 12.1. The van der Waals surface area contributed by atoms with Crippen molar-refractivity contribution < 1.29 is 18.3 Å². The second-order valence-electron chi connectivity index (χ2n) is 5.20. The van der Waals surface area contributed by atoms with Gasteiger partial charge in [0.1, 0.15) is 0 Å². The summed E-state index contributed by atoms with van der Waals surface area (Å²) in [4.78, 5) is 14.9. The number of nitrogens with one attached hydrogen (secondary N) is 1. The molecule has 110 valence electrons. The fourth-order valence-corrected chi connectivity index (χ4v) is 3.89. The lowest BCUT2D eigenvalue weighted by molar-refractivity contribution is -0.139. The van der Waals surface area contributed by atoms with Crippen LogP contribution in [0.1, 0.15) is 31.4 Å². The molecule has 6 nitrogen and oxygen atoms in total. The van der Waals surface area contributed by atoms with Gasteiger partial charge in [-0.05, 0) is 31.4 Å². The van der Waals surface area contributed by atoms with Crippen LogP contribution in [0.3, 0.4) is 0 Å². The normalized spacial score (nSPS) is 17.4. The highest BCUT2D eigenvalue weighted by molar-refractivity contribution is 7.89. The number of hydrogen-bond donors (Lipinski definition) is 2. The van der Waals surface area contributed by atoms with Crippen molar-refractivity contribution in [3.05, 3.63) is 30.1 Å². The van der Waals surface area contributed by atoms with E-state index in [9.17, 15) is 13.2 Å². The number of carboxylic acid groups (broad SMARTS) is 1. The molecule has 1 aliphatic carbocycles. The molecule has 0 spiro atoms. The van der Waals surface area contributed by atoms with Gasteiger partial charge >= 0.3 is 5.97 Å². The fourth-order valence-electron chi connectivity index (χ4n) is 2.37. The molecule has 1 saturated carbocycles. The van der Waals surface area contributed by atoms with Crippen molar-refractivity contribution in [3.8, 4) is 0 Å². The first kappa shape index (κ1) is 14.9. The summed E-state index contributed by atoms with van der Waals surface area (Å²) in [6.45, 7) is 0. The molecule has 1 fully saturated rings. The van der Waals surface area contributed by atoms with E-state index in [-0.39, 0.29) is 12.2 Å². The van der Waals surface area contributed by atoms with E-state index in [1.165, 1.54) is 0 Å². The molecule has 0 aliphatic heterocycles. The number of nitrogens with zero attached hydrogens (tertiary/aromatic N) is 1. The van der Waals surface area contributed by atoms with E-state index in [0.717, 1.165) is 6.42 Å². The van der Waals surface area contributed by atoms with Crippen molar-refractivity contribution in [3.63, 3.8) is 0 Å². The summed E-state index contributed by atoms with van der Waals surface area (Å²) in [7, 11) is -3.50. The van der Waals surface area contributed by atoms with E-state index in [0.29, 0.717) is 25.0 Å². The third kappa shape index (κ3) is 4.01. The number of hydrogen-bond acceptors (Lipinski definition) is 4. The Bertz CT molecular complexity index is 567. The Balaban J connectivity index is 1.95. The van der Waals surface area contributed by atoms with E-state index in [2.05, 4.69) is 9.71 Å². The summed E-state index contributed by atoms with van der Waals surface area (Å²) < 4.78 is 26.7. The zero-order chi connectivity index (χ0) is 14.6. The zero-order valence-corrected chi connectivity index (χ0v) is 11.9. The molecule has 0 bridgehead atoms. The Kier molecular flexibility index (Phi) is 4.39. The number of aryl methyl sites for hydroxylation is 1.